The molecule has 9 amide bonds. The molecule has 0 spiro atoms. The predicted molar refractivity (Wildman–Crippen MR) is 508 cm³/mol. The molecule has 720 valence electrons. The van der Waals surface area contributed by atoms with Crippen LogP contribution in [0.2, 0.25) is 0 Å². The van der Waals surface area contributed by atoms with Crippen LogP contribution in [0.1, 0.15) is 140 Å². The second-order valence-corrected chi connectivity index (χ2v) is 35.8. The van der Waals surface area contributed by atoms with Gasteiger partial charge in [0.05, 0.1) is 93.8 Å². The van der Waals surface area contributed by atoms with Crippen molar-refractivity contribution < 1.29 is 80.5 Å². The van der Waals surface area contributed by atoms with Crippen LogP contribution < -0.4 is 51.5 Å². The highest BCUT2D eigenvalue weighted by Crippen LogP contribution is 2.42. The normalized spacial score (nSPS) is 19.4. The van der Waals surface area contributed by atoms with Crippen LogP contribution >= 0.6 is 0 Å². The molecular formula is C101H90F4N24O13. The molecule has 10 aliphatic rings. The van der Waals surface area contributed by atoms with Crippen molar-refractivity contribution in [3.05, 3.63) is 281 Å². The first kappa shape index (κ1) is 92.6. The first-order valence-electron chi connectivity index (χ1n) is 46.4. The van der Waals surface area contributed by atoms with Gasteiger partial charge < -0.3 is 51.1 Å². The number of fused-ring (bicyclic) bond motifs is 5. The molecule has 19 heterocycles. The Bertz CT molecular complexity index is 7430. The van der Waals surface area contributed by atoms with Gasteiger partial charge in [-0.05, 0) is 214 Å². The van der Waals surface area contributed by atoms with Crippen molar-refractivity contribution in [2.75, 3.05) is 94.5 Å². The average molecular weight is 1920 g/mol. The number of hydrogen-bond donors (Lipinski definition) is 7. The standard InChI is InChI=1S/C38H32FN9O5.C25H23FN6O2.C21H17F2N5.C13H11N3O4.C4H7NO2/c39-23-5-1-4-21(16-23)28-7-3-15-46(28)33-13-12-31-40-18-30(48(31)44-33)27-6-2-8-32(42-27)45-19-22(20-45)35(50)41-24-9-10-25-26(17-24)38(53)47(37(25)52)29-11-14-34(49)43-36(29)51;26-18-5-1-4-16(12-18)20-7-3-11-31(20)24-10-9-22-27-13-21(32(22)29-24)19-6-2-8-23(28-19)30-14-17(15-30)25(33)34;22-15-5-1-4-14(12-15)17-7-3-11-27(17)21-10-9-20-24-13-18(28(20)26-21)16-6-2-8-19(23)25-16;14-6-1-2-7-8(5-6)13(20)16(12(7)19)9-3-4-10(17)15-11(9)18;6-4(7)3-1-5-2-3/h1-2,4-6,8-10,12-13,16-18,22,28-29H,3,7,11,14-15,19-20H2,(H,41,50)(H,43,49,51);1-2,4-6,8-10,12-13,17,20H,3,7,11,14-15H2,(H,33,34);1-2,4-6,8-10,12-13,17H,3,7,11H2;1-2,5,9H,3-4,14H2,(H,15,17,18);3,5H,1-2H2,(H,6,7)/t28-,29?;20-;17-;;/m111../s1. The molecule has 0 bridgehead atoms. The fourth-order valence-corrected chi connectivity index (χ4v) is 19.3. The number of benzene rings is 5. The Morgan fingerprint density at radius 1 is 0.387 bits per heavy atom. The van der Waals surface area contributed by atoms with Gasteiger partial charge in [0.2, 0.25) is 35.5 Å². The number of piperidine rings is 2. The molecule has 2 unspecified atom stereocenters. The lowest BCUT2D eigenvalue weighted by Crippen LogP contribution is -2.54. The first-order valence-corrected chi connectivity index (χ1v) is 46.4. The van der Waals surface area contributed by atoms with Crippen molar-refractivity contribution in [1.82, 2.24) is 84.5 Å². The van der Waals surface area contributed by atoms with E-state index in [1.165, 1.54) is 54.6 Å². The van der Waals surface area contributed by atoms with Crippen molar-refractivity contribution in [2.45, 2.75) is 94.4 Å². The van der Waals surface area contributed by atoms with Crippen molar-refractivity contribution in [3.8, 4) is 34.2 Å². The summed E-state index contributed by atoms with van der Waals surface area (Å²) >= 11 is 0. The number of pyridine rings is 3. The summed E-state index contributed by atoms with van der Waals surface area (Å²) < 4.78 is 60.4. The molecule has 24 rings (SSSR count). The summed E-state index contributed by atoms with van der Waals surface area (Å²) in [6, 6.07) is 54.8. The number of carboxylic acids is 2. The third kappa shape index (κ3) is 18.6. The number of nitrogens with zero attached hydrogens (tertiary/aromatic N) is 19. The summed E-state index contributed by atoms with van der Waals surface area (Å²) in [5, 5.41) is 42.0. The van der Waals surface area contributed by atoms with Gasteiger partial charge in [-0.1, -0.05) is 54.6 Å². The number of rotatable bonds is 17. The van der Waals surface area contributed by atoms with Gasteiger partial charge in [-0.3, -0.25) is 73.2 Å². The van der Waals surface area contributed by atoms with E-state index in [1.54, 1.807) is 86.7 Å². The Morgan fingerprint density at radius 3 is 1.16 bits per heavy atom. The van der Waals surface area contributed by atoms with Gasteiger partial charge in [0.1, 0.15) is 75.7 Å². The summed E-state index contributed by atoms with van der Waals surface area (Å²) in [4.78, 5) is 171. The van der Waals surface area contributed by atoms with Crippen LogP contribution in [0.15, 0.2) is 219 Å². The van der Waals surface area contributed by atoms with Crippen LogP contribution in [-0.4, -0.2) is 215 Å². The van der Waals surface area contributed by atoms with E-state index in [9.17, 15) is 70.3 Å². The van der Waals surface area contributed by atoms with Gasteiger partial charge in [-0.2, -0.15) is 4.39 Å². The van der Waals surface area contributed by atoms with Crippen LogP contribution in [0.5, 0.6) is 0 Å². The van der Waals surface area contributed by atoms with Crippen molar-refractivity contribution in [1.29, 1.82) is 0 Å². The highest BCUT2D eigenvalue weighted by Gasteiger charge is 2.48. The van der Waals surface area contributed by atoms with Gasteiger partial charge in [-0.15, -0.1) is 15.3 Å². The molecule has 142 heavy (non-hydrogen) atoms. The maximum atomic E-state index is 14.1. The molecule has 0 radical (unpaired) electrons. The predicted octanol–water partition coefficient (Wildman–Crippen LogP) is 10.9. The Hall–Kier alpha value is -17.1. The molecule has 10 aliphatic heterocycles. The van der Waals surface area contributed by atoms with E-state index in [1.807, 2.05) is 101 Å². The monoisotopic (exact) mass is 1920 g/mol. The van der Waals surface area contributed by atoms with Crippen molar-refractivity contribution in [3.63, 3.8) is 0 Å². The van der Waals surface area contributed by atoms with E-state index in [2.05, 4.69) is 55.9 Å². The third-order valence-electron chi connectivity index (χ3n) is 26.8. The van der Waals surface area contributed by atoms with E-state index in [0.717, 1.165) is 119 Å². The minimum atomic E-state index is -1.07. The highest BCUT2D eigenvalue weighted by atomic mass is 19.1. The zero-order chi connectivity index (χ0) is 98.4. The molecule has 41 heteroatoms. The average Bonchev–Trinajstić information content (AvgIpc) is 1.59. The molecule has 5 aromatic carbocycles. The summed E-state index contributed by atoms with van der Waals surface area (Å²) in [6.07, 6.45) is 11.2. The van der Waals surface area contributed by atoms with E-state index in [4.69, 9.17) is 41.2 Å². The molecule has 0 saturated carbocycles. The second-order valence-electron chi connectivity index (χ2n) is 35.8. The zero-order valence-corrected chi connectivity index (χ0v) is 75.8. The molecule has 8 N–H and O–H groups in total. The largest absolute Gasteiger partial charge is 0.481 e. The zero-order valence-electron chi connectivity index (χ0n) is 75.8. The van der Waals surface area contributed by atoms with Gasteiger partial charge in [0.25, 0.3) is 23.6 Å². The Morgan fingerprint density at radius 2 is 0.775 bits per heavy atom. The minimum absolute atomic E-state index is 0.0189. The van der Waals surface area contributed by atoms with Crippen LogP contribution in [0.3, 0.4) is 0 Å². The smallest absolute Gasteiger partial charge is 0.310 e. The third-order valence-corrected chi connectivity index (χ3v) is 26.8. The van der Waals surface area contributed by atoms with E-state index < -0.39 is 77.2 Å². The number of halogens is 4. The van der Waals surface area contributed by atoms with Gasteiger partial charge in [0.15, 0.2) is 16.9 Å². The summed E-state index contributed by atoms with van der Waals surface area (Å²) in [5.41, 5.74) is 15.8. The lowest BCUT2D eigenvalue weighted by molar-refractivity contribution is -0.144. The number of carbonyl (C=O) groups is 11. The number of carbonyl (C=O) groups excluding carboxylic acids is 9. The number of imide groups is 4. The number of nitrogens with one attached hydrogen (secondary N) is 4. The maximum Gasteiger partial charge on any atom is 0.310 e. The van der Waals surface area contributed by atoms with Gasteiger partial charge in [-0.25, -0.2) is 56.6 Å². The second kappa shape index (κ2) is 39.0. The number of hydrogen-bond acceptors (Lipinski definition) is 27. The number of carboxylic acid groups (broad SMARTS) is 2. The van der Waals surface area contributed by atoms with Crippen LogP contribution in [-0.2, 0) is 33.6 Å². The quantitative estimate of drug-likeness (QED) is 0.0193. The Balaban J connectivity index is 0.000000120. The number of nitrogen functional groups attached to an aromatic ring is 1. The molecule has 8 fully saturated rings. The summed E-state index contributed by atoms with van der Waals surface area (Å²) in [5.74, 6) is -4.47. The van der Waals surface area contributed by atoms with E-state index in [-0.39, 0.29) is 107 Å². The number of anilines is 7. The molecular weight excluding hydrogens is 1830 g/mol. The summed E-state index contributed by atoms with van der Waals surface area (Å²) in [7, 11) is 0. The SMILES string of the molecule is Fc1cccc([C@H]2CCCN2c2ccc3ncc(-c4cccc(F)n4)n3n2)c1.Nc1ccc2c(c1)C(=O)N(C1CCC(=O)NC1=O)C2=O.O=C(O)C1CN(c2cccc(-c3cnc4ccc(N5CCC[C@@H]5c5cccc(F)c5)nn34)n2)C1.O=C(O)C1CNC1.O=C1CCC(N2C(=O)c3ccc(NC(=O)C4CN(c5cccc(-c6cnc7ccc(N8CCC[C@@H]8c8cccc(F)c8)nn67)n5)C4)cc3C2=O)C(=O)N1. The fourth-order valence-electron chi connectivity index (χ4n) is 19.3. The first-order chi connectivity index (χ1) is 68.8. The molecule has 9 aromatic heterocycles. The fraction of sp³-hybridized carbons (Fsp3) is 0.267. The number of amides is 9. The molecule has 14 aromatic rings. The molecule has 5 atom stereocenters. The molecule has 0 aliphatic carbocycles. The molecule has 37 nitrogen and oxygen atoms in total. The number of aliphatic carboxylic acids is 2. The lowest BCUT2D eigenvalue weighted by Gasteiger charge is -2.39. The highest BCUT2D eigenvalue weighted by molar-refractivity contribution is 6.25. The van der Waals surface area contributed by atoms with Crippen LogP contribution in [0.4, 0.5) is 58.0 Å². The number of imidazole rings is 3. The van der Waals surface area contributed by atoms with Gasteiger partial charge in [0, 0.05) is 83.1 Å². The van der Waals surface area contributed by atoms with Crippen molar-refractivity contribution in [2.24, 2.45) is 17.8 Å². The van der Waals surface area contributed by atoms with E-state index >= 15 is 0 Å². The van der Waals surface area contributed by atoms with E-state index in [0.29, 0.717) is 96.2 Å². The minimum Gasteiger partial charge on any atom is -0.481 e. The van der Waals surface area contributed by atoms with Crippen LogP contribution in [0, 0.1) is 41.2 Å². The van der Waals surface area contributed by atoms with Gasteiger partial charge >= 0.3 is 11.9 Å². The number of nitrogens with two attached hydrogens (primary N) is 1. The van der Waals surface area contributed by atoms with Crippen LogP contribution in [0.25, 0.3) is 51.1 Å². The topological polar surface area (TPSA) is 454 Å². The van der Waals surface area contributed by atoms with Crippen molar-refractivity contribution >= 4 is 123 Å². The molecule has 8 saturated heterocycles. The Labute approximate surface area is 805 Å². The maximum absolute atomic E-state index is 14.1. The summed E-state index contributed by atoms with van der Waals surface area (Å²) in [6.45, 7) is 5.52. The number of aromatic nitrogens is 12. The Kier molecular flexibility index (Phi) is 25.4. The lowest BCUT2D eigenvalue weighted by atomic mass is 9.98.